The van der Waals surface area contributed by atoms with Gasteiger partial charge in [0.05, 0.1) is 0 Å². The molecule has 0 saturated heterocycles. The molecule has 0 bridgehead atoms. The van der Waals surface area contributed by atoms with Gasteiger partial charge >= 0.3 is 0 Å². The third-order valence-corrected chi connectivity index (χ3v) is 5.17. The number of aliphatic imine (C=N–C) groups is 1. The summed E-state index contributed by atoms with van der Waals surface area (Å²) in [6.07, 6.45) is 4.43. The molecule has 132 valence electrons. The van der Waals surface area contributed by atoms with Gasteiger partial charge in [0.2, 0.25) is 0 Å². The van der Waals surface area contributed by atoms with E-state index in [4.69, 9.17) is 0 Å². The highest BCUT2D eigenvalue weighted by Crippen LogP contribution is 2.19. The van der Waals surface area contributed by atoms with Crippen LogP contribution in [-0.4, -0.2) is 32.6 Å². The van der Waals surface area contributed by atoms with Crippen molar-refractivity contribution < 1.29 is 0 Å². The minimum absolute atomic E-state index is 0.468. The number of guanidine groups is 1. The predicted molar refractivity (Wildman–Crippen MR) is 109 cm³/mol. The number of thiophene rings is 1. The van der Waals surface area contributed by atoms with Crippen LogP contribution >= 0.6 is 11.3 Å². The predicted octanol–water partition coefficient (Wildman–Crippen LogP) is 3.59. The van der Waals surface area contributed by atoms with Crippen LogP contribution < -0.4 is 15.5 Å². The van der Waals surface area contributed by atoms with Crippen LogP contribution in [0.15, 0.2) is 58.2 Å². The van der Waals surface area contributed by atoms with Crippen molar-refractivity contribution >= 4 is 23.0 Å². The summed E-state index contributed by atoms with van der Waals surface area (Å²) in [5, 5.41) is 11.2. The molecule has 0 radical (unpaired) electrons. The van der Waals surface area contributed by atoms with Crippen LogP contribution in [0.4, 0.5) is 5.69 Å². The molecular formula is C20H26N4S. The molecular weight excluding hydrogens is 328 g/mol. The summed E-state index contributed by atoms with van der Waals surface area (Å²) in [6.45, 7) is 5.87. The molecule has 0 saturated carbocycles. The quantitative estimate of drug-likeness (QED) is 0.473. The number of nitrogens with one attached hydrogen (secondary N) is 2. The van der Waals surface area contributed by atoms with Crippen LogP contribution in [-0.2, 0) is 6.54 Å². The average Bonchev–Trinajstić information content (AvgIpc) is 3.35. The molecule has 0 amide bonds. The lowest BCUT2D eigenvalue weighted by Gasteiger charge is -2.19. The number of anilines is 1. The molecule has 3 rings (SSSR count). The minimum Gasteiger partial charge on any atom is -0.364 e. The normalized spacial score (nSPS) is 15.4. The molecule has 1 aliphatic heterocycles. The molecule has 2 heterocycles. The van der Waals surface area contributed by atoms with E-state index in [1.54, 1.807) is 11.3 Å². The Hall–Kier alpha value is -2.27. The van der Waals surface area contributed by atoms with E-state index in [2.05, 4.69) is 80.7 Å². The molecule has 0 spiro atoms. The van der Waals surface area contributed by atoms with E-state index >= 15 is 0 Å². The minimum atomic E-state index is 0.468. The number of benzene rings is 1. The molecule has 5 heteroatoms. The molecule has 1 unspecified atom stereocenters. The summed E-state index contributed by atoms with van der Waals surface area (Å²) < 4.78 is 0. The van der Waals surface area contributed by atoms with E-state index < -0.39 is 0 Å². The van der Waals surface area contributed by atoms with Crippen LogP contribution in [0.5, 0.6) is 0 Å². The van der Waals surface area contributed by atoms with Crippen molar-refractivity contribution in [2.45, 2.75) is 19.4 Å². The third kappa shape index (κ3) is 4.86. The van der Waals surface area contributed by atoms with Crippen molar-refractivity contribution in [3.63, 3.8) is 0 Å². The maximum atomic E-state index is 4.33. The monoisotopic (exact) mass is 354 g/mol. The van der Waals surface area contributed by atoms with Crippen LogP contribution in [0.3, 0.4) is 0 Å². The van der Waals surface area contributed by atoms with E-state index in [1.807, 2.05) is 7.05 Å². The van der Waals surface area contributed by atoms with E-state index in [1.165, 1.54) is 16.8 Å². The molecule has 1 aliphatic rings. The van der Waals surface area contributed by atoms with Gasteiger partial charge in [-0.2, -0.15) is 11.3 Å². The Morgan fingerprint density at radius 3 is 2.80 bits per heavy atom. The summed E-state index contributed by atoms with van der Waals surface area (Å²) >= 11 is 1.75. The molecule has 1 aromatic carbocycles. The standard InChI is InChI=1S/C20H26N4S/c1-16(18-8-11-25-15-18)13-22-20(21-2)23-14-17-6-5-7-19(12-17)24-9-3-4-10-24/h3-8,11-12,15-16H,9-10,13-14H2,1-2H3,(H2,21,22,23). The average molecular weight is 355 g/mol. The first-order valence-electron chi connectivity index (χ1n) is 8.72. The highest BCUT2D eigenvalue weighted by molar-refractivity contribution is 7.07. The number of hydrogen-bond acceptors (Lipinski definition) is 3. The molecule has 1 atom stereocenters. The van der Waals surface area contributed by atoms with Gasteiger partial charge < -0.3 is 15.5 Å². The fraction of sp³-hybridized carbons (Fsp3) is 0.350. The second-order valence-corrected chi connectivity index (χ2v) is 7.09. The van der Waals surface area contributed by atoms with Crippen LogP contribution in [0.1, 0.15) is 24.0 Å². The Bertz CT molecular complexity index is 713. The smallest absolute Gasteiger partial charge is 0.191 e. The van der Waals surface area contributed by atoms with E-state index in [-0.39, 0.29) is 0 Å². The fourth-order valence-electron chi connectivity index (χ4n) is 2.88. The Balaban J connectivity index is 1.50. The summed E-state index contributed by atoms with van der Waals surface area (Å²) in [4.78, 5) is 6.69. The first-order valence-corrected chi connectivity index (χ1v) is 9.66. The van der Waals surface area contributed by atoms with Crippen molar-refractivity contribution in [1.29, 1.82) is 0 Å². The maximum Gasteiger partial charge on any atom is 0.191 e. The zero-order valence-electron chi connectivity index (χ0n) is 14.9. The summed E-state index contributed by atoms with van der Waals surface area (Å²) in [6, 6.07) is 10.9. The first-order chi connectivity index (χ1) is 12.3. The van der Waals surface area contributed by atoms with Gasteiger partial charge in [0.25, 0.3) is 0 Å². The lowest BCUT2D eigenvalue weighted by molar-refractivity contribution is 0.701. The molecule has 0 fully saturated rings. The fourth-order valence-corrected chi connectivity index (χ4v) is 3.66. The van der Waals surface area contributed by atoms with Crippen LogP contribution in [0, 0.1) is 0 Å². The van der Waals surface area contributed by atoms with Crippen molar-refractivity contribution in [1.82, 2.24) is 10.6 Å². The third-order valence-electron chi connectivity index (χ3n) is 4.47. The van der Waals surface area contributed by atoms with Gasteiger partial charge in [0.15, 0.2) is 5.96 Å². The Labute approximate surface area is 154 Å². The Morgan fingerprint density at radius 2 is 2.08 bits per heavy atom. The highest BCUT2D eigenvalue weighted by atomic mass is 32.1. The molecule has 25 heavy (non-hydrogen) atoms. The Morgan fingerprint density at radius 1 is 1.24 bits per heavy atom. The second-order valence-electron chi connectivity index (χ2n) is 6.31. The van der Waals surface area contributed by atoms with E-state index in [9.17, 15) is 0 Å². The van der Waals surface area contributed by atoms with Gasteiger partial charge in [-0.1, -0.05) is 31.2 Å². The van der Waals surface area contributed by atoms with Crippen LogP contribution in [0.25, 0.3) is 0 Å². The van der Waals surface area contributed by atoms with E-state index in [0.717, 1.165) is 32.1 Å². The second kappa shape index (κ2) is 8.72. The van der Waals surface area contributed by atoms with Gasteiger partial charge in [-0.15, -0.1) is 0 Å². The zero-order valence-corrected chi connectivity index (χ0v) is 15.7. The summed E-state index contributed by atoms with van der Waals surface area (Å²) in [5.41, 5.74) is 3.91. The van der Waals surface area contributed by atoms with Gasteiger partial charge in [-0.3, -0.25) is 4.99 Å². The zero-order chi connectivity index (χ0) is 17.5. The van der Waals surface area contributed by atoms with Gasteiger partial charge in [-0.25, -0.2) is 0 Å². The van der Waals surface area contributed by atoms with Crippen molar-refractivity contribution in [2.24, 2.45) is 4.99 Å². The summed E-state index contributed by atoms with van der Waals surface area (Å²) in [7, 11) is 1.82. The van der Waals surface area contributed by atoms with Crippen molar-refractivity contribution in [3.05, 3.63) is 64.4 Å². The number of nitrogens with zero attached hydrogens (tertiary/aromatic N) is 2. The van der Waals surface area contributed by atoms with Gasteiger partial charge in [0, 0.05) is 38.9 Å². The number of hydrogen-bond donors (Lipinski definition) is 2. The Kier molecular flexibility index (Phi) is 6.12. The molecule has 2 N–H and O–H groups in total. The van der Waals surface area contributed by atoms with Gasteiger partial charge in [-0.05, 0) is 46.0 Å². The SMILES string of the molecule is CN=C(NCc1cccc(N2CC=CC2)c1)NCC(C)c1ccsc1. The largest absolute Gasteiger partial charge is 0.364 e. The van der Waals surface area contributed by atoms with Gasteiger partial charge in [0.1, 0.15) is 0 Å². The molecule has 0 aliphatic carbocycles. The van der Waals surface area contributed by atoms with Crippen molar-refractivity contribution in [3.8, 4) is 0 Å². The van der Waals surface area contributed by atoms with Crippen LogP contribution in [0.2, 0.25) is 0 Å². The lowest BCUT2D eigenvalue weighted by atomic mass is 10.1. The summed E-state index contributed by atoms with van der Waals surface area (Å²) in [5.74, 6) is 1.31. The maximum absolute atomic E-state index is 4.33. The highest BCUT2D eigenvalue weighted by Gasteiger charge is 2.09. The topological polar surface area (TPSA) is 39.7 Å². The van der Waals surface area contributed by atoms with Crippen molar-refractivity contribution in [2.75, 3.05) is 31.6 Å². The number of rotatable bonds is 6. The molecule has 4 nitrogen and oxygen atoms in total. The lowest BCUT2D eigenvalue weighted by Crippen LogP contribution is -2.38. The first kappa shape index (κ1) is 17.5. The molecule has 1 aromatic heterocycles. The molecule has 2 aromatic rings. The van der Waals surface area contributed by atoms with E-state index in [0.29, 0.717) is 5.92 Å².